The largest absolute Gasteiger partial charge is 0.311 e. The minimum atomic E-state index is 0.00930. The number of aromatic nitrogens is 3. The molecule has 0 aliphatic rings. The molecule has 114 valence electrons. The zero-order chi connectivity index (χ0) is 15.4. The van der Waals surface area contributed by atoms with Crippen molar-refractivity contribution in [2.45, 2.75) is 38.8 Å². The lowest BCUT2D eigenvalue weighted by atomic mass is 10.1. The molecule has 0 aromatic carbocycles. The van der Waals surface area contributed by atoms with Crippen molar-refractivity contribution >= 4 is 23.2 Å². The number of likely N-dealkylation sites (N-methyl/N-ethyl adjacent to an activating group) is 1. The van der Waals surface area contributed by atoms with Gasteiger partial charge in [0.2, 0.25) is 0 Å². The Balaban J connectivity index is 2.17. The van der Waals surface area contributed by atoms with E-state index in [1.165, 1.54) is 0 Å². The smallest absolute Gasteiger partial charge is 0.0764 e. The van der Waals surface area contributed by atoms with Crippen LogP contribution in [-0.4, -0.2) is 21.8 Å². The van der Waals surface area contributed by atoms with Gasteiger partial charge in [-0.05, 0) is 32.5 Å². The molecule has 4 nitrogen and oxygen atoms in total. The molecule has 2 aromatic rings. The summed E-state index contributed by atoms with van der Waals surface area (Å²) in [6, 6.07) is 4.17. The predicted molar refractivity (Wildman–Crippen MR) is 87.0 cm³/mol. The van der Waals surface area contributed by atoms with Gasteiger partial charge in [0.1, 0.15) is 0 Å². The van der Waals surface area contributed by atoms with Gasteiger partial charge < -0.3 is 5.32 Å². The number of hydrogen-bond donors (Lipinski definition) is 1. The zero-order valence-corrected chi connectivity index (χ0v) is 14.0. The highest BCUT2D eigenvalue weighted by Crippen LogP contribution is 2.26. The minimum absolute atomic E-state index is 0.00930. The molecule has 6 heteroatoms. The van der Waals surface area contributed by atoms with Gasteiger partial charge in [-0.25, -0.2) is 0 Å². The van der Waals surface area contributed by atoms with Crippen molar-refractivity contribution in [3.8, 4) is 0 Å². The van der Waals surface area contributed by atoms with Gasteiger partial charge in [0.25, 0.3) is 0 Å². The molecular weight excluding hydrogens is 307 g/mol. The summed E-state index contributed by atoms with van der Waals surface area (Å²) in [6.07, 6.45) is 5.42. The molecule has 2 heterocycles. The lowest BCUT2D eigenvalue weighted by molar-refractivity contribution is 0.468. The SMILES string of the molecule is CCC(C)n1ccc(CC(NC)c2ncc(Cl)cc2Cl)n1. The Morgan fingerprint density at radius 2 is 2.14 bits per heavy atom. The number of hydrogen-bond acceptors (Lipinski definition) is 3. The average Bonchev–Trinajstić information content (AvgIpc) is 2.93. The molecule has 0 bridgehead atoms. The number of pyridine rings is 1. The zero-order valence-electron chi connectivity index (χ0n) is 12.5. The molecule has 0 fully saturated rings. The van der Waals surface area contributed by atoms with E-state index in [0.29, 0.717) is 16.1 Å². The number of halogens is 2. The summed E-state index contributed by atoms with van der Waals surface area (Å²) >= 11 is 12.1. The van der Waals surface area contributed by atoms with Gasteiger partial charge >= 0.3 is 0 Å². The van der Waals surface area contributed by atoms with Gasteiger partial charge in [0, 0.05) is 24.9 Å². The van der Waals surface area contributed by atoms with Crippen LogP contribution in [0.3, 0.4) is 0 Å². The van der Waals surface area contributed by atoms with E-state index in [9.17, 15) is 0 Å². The Hall–Kier alpha value is -1.10. The molecule has 0 spiro atoms. The highest BCUT2D eigenvalue weighted by molar-refractivity contribution is 6.34. The van der Waals surface area contributed by atoms with E-state index < -0.39 is 0 Å². The van der Waals surface area contributed by atoms with Crippen LogP contribution in [0.2, 0.25) is 10.0 Å². The van der Waals surface area contributed by atoms with E-state index >= 15 is 0 Å². The molecule has 0 saturated carbocycles. The van der Waals surface area contributed by atoms with E-state index in [0.717, 1.165) is 24.2 Å². The molecule has 0 aliphatic heterocycles. The second-order valence-corrected chi connectivity index (χ2v) is 5.95. The van der Waals surface area contributed by atoms with Crippen LogP contribution in [0.5, 0.6) is 0 Å². The average molecular weight is 327 g/mol. The quantitative estimate of drug-likeness (QED) is 0.870. The minimum Gasteiger partial charge on any atom is -0.311 e. The highest BCUT2D eigenvalue weighted by atomic mass is 35.5. The van der Waals surface area contributed by atoms with Crippen molar-refractivity contribution in [1.82, 2.24) is 20.1 Å². The van der Waals surface area contributed by atoms with Crippen molar-refractivity contribution in [2.24, 2.45) is 0 Å². The fourth-order valence-corrected chi connectivity index (χ4v) is 2.66. The molecule has 2 aromatic heterocycles. The van der Waals surface area contributed by atoms with E-state index in [1.807, 2.05) is 24.0 Å². The van der Waals surface area contributed by atoms with Crippen LogP contribution in [0.15, 0.2) is 24.5 Å². The topological polar surface area (TPSA) is 42.7 Å². The first-order valence-corrected chi connectivity index (χ1v) is 7.83. The molecule has 2 atom stereocenters. The van der Waals surface area contributed by atoms with Gasteiger partial charge in [-0.1, -0.05) is 30.1 Å². The van der Waals surface area contributed by atoms with E-state index in [4.69, 9.17) is 23.2 Å². The third-order valence-corrected chi connectivity index (χ3v) is 4.14. The molecule has 0 aliphatic carbocycles. The molecule has 1 N–H and O–H groups in total. The normalized spacial score (nSPS) is 14.1. The number of nitrogens with zero attached hydrogens (tertiary/aromatic N) is 3. The summed E-state index contributed by atoms with van der Waals surface area (Å²) in [7, 11) is 1.89. The van der Waals surface area contributed by atoms with E-state index in [1.54, 1.807) is 12.3 Å². The van der Waals surface area contributed by atoms with E-state index in [2.05, 4.69) is 29.2 Å². The summed E-state index contributed by atoms with van der Waals surface area (Å²) in [6.45, 7) is 4.31. The fraction of sp³-hybridized carbons (Fsp3) is 0.467. The molecule has 2 unspecified atom stereocenters. The molecule has 0 amide bonds. The maximum absolute atomic E-state index is 6.23. The second kappa shape index (κ2) is 7.25. The first-order valence-electron chi connectivity index (χ1n) is 7.07. The van der Waals surface area contributed by atoms with Gasteiger partial charge in [-0.3, -0.25) is 9.67 Å². The van der Waals surface area contributed by atoms with Crippen LogP contribution < -0.4 is 5.32 Å². The van der Waals surface area contributed by atoms with Crippen LogP contribution in [0, 0.1) is 0 Å². The number of nitrogens with one attached hydrogen (secondary N) is 1. The molecule has 0 radical (unpaired) electrons. The van der Waals surface area contributed by atoms with Crippen LogP contribution in [0.25, 0.3) is 0 Å². The molecular formula is C15H20Cl2N4. The summed E-state index contributed by atoms with van der Waals surface area (Å²) in [5.74, 6) is 0. The standard InChI is InChI=1S/C15H20Cl2N4/c1-4-10(2)21-6-5-12(20-21)8-14(18-3)15-13(17)7-11(16)9-19-15/h5-7,9-10,14,18H,4,8H2,1-3H3. The van der Waals surface area contributed by atoms with Gasteiger partial charge in [-0.15, -0.1) is 0 Å². The van der Waals surface area contributed by atoms with Gasteiger partial charge in [-0.2, -0.15) is 5.10 Å². The molecule has 21 heavy (non-hydrogen) atoms. The summed E-state index contributed by atoms with van der Waals surface area (Å²) in [4.78, 5) is 4.34. The monoisotopic (exact) mass is 326 g/mol. The van der Waals surface area contributed by atoms with Crippen molar-refractivity contribution < 1.29 is 0 Å². The predicted octanol–water partition coefficient (Wildman–Crippen LogP) is 4.06. The highest BCUT2D eigenvalue weighted by Gasteiger charge is 2.17. The third kappa shape index (κ3) is 3.96. The van der Waals surface area contributed by atoms with Crippen molar-refractivity contribution in [3.63, 3.8) is 0 Å². The van der Waals surface area contributed by atoms with E-state index in [-0.39, 0.29) is 6.04 Å². The maximum Gasteiger partial charge on any atom is 0.0764 e. The maximum atomic E-state index is 6.23. The van der Waals surface area contributed by atoms with Crippen molar-refractivity contribution in [2.75, 3.05) is 7.05 Å². The Morgan fingerprint density at radius 1 is 1.38 bits per heavy atom. The Labute approximate surface area is 135 Å². The molecule has 2 rings (SSSR count). The Bertz CT molecular complexity index is 597. The third-order valence-electron chi connectivity index (χ3n) is 3.63. The number of rotatable bonds is 6. The van der Waals surface area contributed by atoms with Crippen LogP contribution in [0.4, 0.5) is 0 Å². The first-order chi connectivity index (χ1) is 10.0. The summed E-state index contributed by atoms with van der Waals surface area (Å²) in [5.41, 5.74) is 1.81. The summed E-state index contributed by atoms with van der Waals surface area (Å²) in [5, 5.41) is 8.98. The fourth-order valence-electron chi connectivity index (χ4n) is 2.14. The van der Waals surface area contributed by atoms with Crippen molar-refractivity contribution in [3.05, 3.63) is 46.0 Å². The Morgan fingerprint density at radius 3 is 2.76 bits per heavy atom. The Kier molecular flexibility index (Phi) is 5.62. The van der Waals surface area contributed by atoms with Crippen LogP contribution in [-0.2, 0) is 6.42 Å². The summed E-state index contributed by atoms with van der Waals surface area (Å²) < 4.78 is 2.00. The lowest BCUT2D eigenvalue weighted by Gasteiger charge is -2.16. The van der Waals surface area contributed by atoms with Crippen molar-refractivity contribution in [1.29, 1.82) is 0 Å². The molecule has 0 saturated heterocycles. The van der Waals surface area contributed by atoms with Gasteiger partial charge in [0.15, 0.2) is 0 Å². The van der Waals surface area contributed by atoms with Crippen LogP contribution in [0.1, 0.15) is 43.7 Å². The lowest BCUT2D eigenvalue weighted by Crippen LogP contribution is -2.21. The first kappa shape index (κ1) is 16.3. The van der Waals surface area contributed by atoms with Gasteiger partial charge in [0.05, 0.1) is 27.5 Å². The van der Waals surface area contributed by atoms with Crippen LogP contribution >= 0.6 is 23.2 Å². The second-order valence-electron chi connectivity index (χ2n) is 5.11.